The third-order valence-electron chi connectivity index (χ3n) is 5.02. The molecule has 1 aliphatic carbocycles. The van der Waals surface area contributed by atoms with Crippen LogP contribution in [0, 0.1) is 5.92 Å². The summed E-state index contributed by atoms with van der Waals surface area (Å²) in [5.41, 5.74) is 0. The molecule has 0 spiro atoms. The molecule has 1 saturated heterocycles. The SMILES string of the molecule is CCOC(=O)N1CCCC(C(=O)N(C)C2CCCCCC2)C1. The Bertz CT molecular complexity index is 378. The molecular weight excluding hydrogens is 280 g/mol. The third kappa shape index (κ3) is 4.37. The molecule has 1 aliphatic heterocycles. The van der Waals surface area contributed by atoms with Gasteiger partial charge in [0, 0.05) is 26.2 Å². The molecule has 0 radical (unpaired) electrons. The number of nitrogens with zero attached hydrogens (tertiary/aromatic N) is 2. The van der Waals surface area contributed by atoms with Gasteiger partial charge in [0.15, 0.2) is 0 Å². The lowest BCUT2D eigenvalue weighted by atomic mass is 9.95. The van der Waals surface area contributed by atoms with Gasteiger partial charge in [0.05, 0.1) is 12.5 Å². The maximum absolute atomic E-state index is 12.8. The molecule has 1 saturated carbocycles. The second-order valence-electron chi connectivity index (χ2n) is 6.58. The predicted molar refractivity (Wildman–Crippen MR) is 85.6 cm³/mol. The van der Waals surface area contributed by atoms with E-state index in [1.54, 1.807) is 4.90 Å². The van der Waals surface area contributed by atoms with E-state index >= 15 is 0 Å². The molecule has 1 atom stereocenters. The molecule has 0 bridgehead atoms. The van der Waals surface area contributed by atoms with Crippen LogP contribution in [0.2, 0.25) is 0 Å². The first-order valence-corrected chi connectivity index (χ1v) is 8.81. The molecule has 5 heteroatoms. The van der Waals surface area contributed by atoms with Gasteiger partial charge in [-0.2, -0.15) is 0 Å². The Morgan fingerprint density at radius 1 is 1.09 bits per heavy atom. The van der Waals surface area contributed by atoms with E-state index in [1.165, 1.54) is 25.7 Å². The minimum Gasteiger partial charge on any atom is -0.450 e. The summed E-state index contributed by atoms with van der Waals surface area (Å²) >= 11 is 0. The lowest BCUT2D eigenvalue weighted by Crippen LogP contribution is -2.48. The zero-order chi connectivity index (χ0) is 15.9. The van der Waals surface area contributed by atoms with Crippen LogP contribution in [0.15, 0.2) is 0 Å². The number of carbonyl (C=O) groups is 2. The van der Waals surface area contributed by atoms with Crippen molar-refractivity contribution in [3.8, 4) is 0 Å². The fourth-order valence-corrected chi connectivity index (χ4v) is 3.67. The minimum absolute atomic E-state index is 0.0635. The third-order valence-corrected chi connectivity index (χ3v) is 5.02. The fourth-order valence-electron chi connectivity index (χ4n) is 3.67. The van der Waals surface area contributed by atoms with Crippen molar-refractivity contribution in [3.63, 3.8) is 0 Å². The Hall–Kier alpha value is -1.26. The summed E-state index contributed by atoms with van der Waals surface area (Å²) in [5, 5.41) is 0. The first-order chi connectivity index (χ1) is 10.6. The molecule has 2 aliphatic rings. The molecule has 2 fully saturated rings. The summed E-state index contributed by atoms with van der Waals surface area (Å²) in [6.45, 7) is 3.41. The summed E-state index contributed by atoms with van der Waals surface area (Å²) in [6.07, 6.45) is 8.75. The van der Waals surface area contributed by atoms with E-state index < -0.39 is 0 Å². The highest BCUT2D eigenvalue weighted by Crippen LogP contribution is 2.25. The van der Waals surface area contributed by atoms with Gasteiger partial charge in [0.25, 0.3) is 0 Å². The van der Waals surface area contributed by atoms with Crippen molar-refractivity contribution in [1.29, 1.82) is 0 Å². The van der Waals surface area contributed by atoms with Crippen molar-refractivity contribution < 1.29 is 14.3 Å². The van der Waals surface area contributed by atoms with E-state index in [4.69, 9.17) is 4.74 Å². The molecule has 1 heterocycles. The maximum Gasteiger partial charge on any atom is 0.409 e. The van der Waals surface area contributed by atoms with Gasteiger partial charge in [-0.3, -0.25) is 4.79 Å². The molecule has 0 aromatic rings. The highest BCUT2D eigenvalue weighted by Gasteiger charge is 2.32. The van der Waals surface area contributed by atoms with Crippen LogP contribution in [0.25, 0.3) is 0 Å². The number of ether oxygens (including phenoxy) is 1. The van der Waals surface area contributed by atoms with Crippen LogP contribution in [0.3, 0.4) is 0 Å². The number of amides is 2. The Morgan fingerprint density at radius 3 is 2.41 bits per heavy atom. The number of carbonyl (C=O) groups excluding carboxylic acids is 2. The molecule has 126 valence electrons. The minimum atomic E-state index is -0.280. The van der Waals surface area contributed by atoms with Crippen molar-refractivity contribution >= 4 is 12.0 Å². The average Bonchev–Trinajstić information content (AvgIpc) is 2.83. The van der Waals surface area contributed by atoms with Gasteiger partial charge in [0.2, 0.25) is 5.91 Å². The summed E-state index contributed by atoms with van der Waals surface area (Å²) in [6, 6.07) is 0.382. The fraction of sp³-hybridized carbons (Fsp3) is 0.882. The van der Waals surface area contributed by atoms with Crippen LogP contribution in [-0.2, 0) is 9.53 Å². The van der Waals surface area contributed by atoms with Gasteiger partial charge in [0.1, 0.15) is 0 Å². The molecule has 2 amide bonds. The van der Waals surface area contributed by atoms with Gasteiger partial charge >= 0.3 is 6.09 Å². The normalized spacial score (nSPS) is 23.7. The summed E-state index contributed by atoms with van der Waals surface area (Å²) in [4.78, 5) is 28.3. The molecule has 1 unspecified atom stereocenters. The van der Waals surface area contributed by atoms with E-state index in [0.29, 0.717) is 25.7 Å². The lowest BCUT2D eigenvalue weighted by Gasteiger charge is -2.35. The van der Waals surface area contributed by atoms with Crippen LogP contribution in [0.4, 0.5) is 4.79 Å². The predicted octanol–water partition coefficient (Wildman–Crippen LogP) is 3.04. The molecule has 0 aromatic carbocycles. The van der Waals surface area contributed by atoms with Crippen molar-refractivity contribution in [2.75, 3.05) is 26.7 Å². The van der Waals surface area contributed by atoms with E-state index in [1.807, 2.05) is 18.9 Å². The van der Waals surface area contributed by atoms with E-state index in [9.17, 15) is 9.59 Å². The standard InChI is InChI=1S/C17H30N2O3/c1-3-22-17(21)19-12-8-9-14(13-19)16(20)18(2)15-10-6-4-5-7-11-15/h14-15H,3-13H2,1-2H3. The largest absolute Gasteiger partial charge is 0.450 e. The van der Waals surface area contributed by atoms with Crippen molar-refractivity contribution in [3.05, 3.63) is 0 Å². The molecule has 0 N–H and O–H groups in total. The van der Waals surface area contributed by atoms with Crippen molar-refractivity contribution in [1.82, 2.24) is 9.80 Å². The summed E-state index contributed by atoms with van der Waals surface area (Å²) in [5.74, 6) is 0.146. The highest BCUT2D eigenvalue weighted by molar-refractivity contribution is 5.80. The van der Waals surface area contributed by atoms with E-state index in [-0.39, 0.29) is 17.9 Å². The zero-order valence-corrected chi connectivity index (χ0v) is 14.1. The second kappa shape index (κ2) is 8.39. The highest BCUT2D eigenvalue weighted by atomic mass is 16.6. The Labute approximate surface area is 134 Å². The van der Waals surface area contributed by atoms with Gasteiger partial charge in [-0.15, -0.1) is 0 Å². The van der Waals surface area contributed by atoms with Crippen LogP contribution in [0.1, 0.15) is 58.3 Å². The smallest absolute Gasteiger partial charge is 0.409 e. The number of rotatable bonds is 3. The number of piperidine rings is 1. The monoisotopic (exact) mass is 310 g/mol. The van der Waals surface area contributed by atoms with E-state index in [2.05, 4.69) is 0 Å². The topological polar surface area (TPSA) is 49.9 Å². The Kier molecular flexibility index (Phi) is 6.52. The summed E-state index contributed by atoms with van der Waals surface area (Å²) < 4.78 is 5.06. The zero-order valence-electron chi connectivity index (χ0n) is 14.1. The second-order valence-corrected chi connectivity index (χ2v) is 6.58. The Balaban J connectivity index is 1.91. The van der Waals surface area contributed by atoms with Crippen LogP contribution < -0.4 is 0 Å². The van der Waals surface area contributed by atoms with Crippen molar-refractivity contribution in [2.45, 2.75) is 64.3 Å². The number of hydrogen-bond donors (Lipinski definition) is 0. The van der Waals surface area contributed by atoms with E-state index in [0.717, 1.165) is 25.7 Å². The lowest BCUT2D eigenvalue weighted by molar-refractivity contribution is -0.138. The first-order valence-electron chi connectivity index (χ1n) is 8.81. The molecule has 22 heavy (non-hydrogen) atoms. The molecule has 2 rings (SSSR count). The van der Waals surface area contributed by atoms with Gasteiger partial charge < -0.3 is 14.5 Å². The maximum atomic E-state index is 12.8. The number of hydrogen-bond acceptors (Lipinski definition) is 3. The molecule has 0 aromatic heterocycles. The average molecular weight is 310 g/mol. The van der Waals surface area contributed by atoms with Gasteiger partial charge in [-0.1, -0.05) is 25.7 Å². The van der Waals surface area contributed by atoms with Crippen LogP contribution in [-0.4, -0.2) is 54.6 Å². The number of likely N-dealkylation sites (tertiary alicyclic amines) is 1. The van der Waals surface area contributed by atoms with Gasteiger partial charge in [-0.05, 0) is 32.6 Å². The van der Waals surface area contributed by atoms with Crippen molar-refractivity contribution in [2.24, 2.45) is 5.92 Å². The van der Waals surface area contributed by atoms with Crippen LogP contribution in [0.5, 0.6) is 0 Å². The quantitative estimate of drug-likeness (QED) is 0.753. The first kappa shape index (κ1) is 17.1. The van der Waals surface area contributed by atoms with Crippen LogP contribution >= 0.6 is 0 Å². The summed E-state index contributed by atoms with van der Waals surface area (Å²) in [7, 11) is 1.95. The van der Waals surface area contributed by atoms with Gasteiger partial charge in [-0.25, -0.2) is 4.79 Å². The molecule has 5 nitrogen and oxygen atoms in total. The molecular formula is C17H30N2O3. The Morgan fingerprint density at radius 2 is 1.77 bits per heavy atom.